The van der Waals surface area contributed by atoms with Gasteiger partial charge in [0.15, 0.2) is 11.5 Å². The van der Waals surface area contributed by atoms with Gasteiger partial charge in [0.1, 0.15) is 11.5 Å². The van der Waals surface area contributed by atoms with Crippen LogP contribution in [0.3, 0.4) is 0 Å². The van der Waals surface area contributed by atoms with Gasteiger partial charge >= 0.3 is 0 Å². The van der Waals surface area contributed by atoms with Crippen LogP contribution in [0.15, 0.2) is 36.7 Å². The van der Waals surface area contributed by atoms with Crippen molar-refractivity contribution in [1.82, 2.24) is 34.6 Å². The van der Waals surface area contributed by atoms with Crippen LogP contribution in [0, 0.1) is 12.7 Å². The molecule has 1 aliphatic rings. The molecule has 8 heteroatoms. The van der Waals surface area contributed by atoms with E-state index in [1.165, 1.54) is 6.20 Å². The van der Waals surface area contributed by atoms with E-state index in [1.807, 2.05) is 30.8 Å². The van der Waals surface area contributed by atoms with Gasteiger partial charge in [-0.2, -0.15) is 14.7 Å². The Hall–Kier alpha value is -3.16. The number of aryl methyl sites for hydroxylation is 2. The molecule has 130 valence electrons. The fourth-order valence-electron chi connectivity index (χ4n) is 3.46. The molecule has 1 aliphatic carbocycles. The lowest BCUT2D eigenvalue weighted by molar-refractivity contribution is 0.618. The number of fused-ring (bicyclic) bond motifs is 1. The van der Waals surface area contributed by atoms with Crippen molar-refractivity contribution in [3.63, 3.8) is 0 Å². The van der Waals surface area contributed by atoms with Gasteiger partial charge < -0.3 is 0 Å². The Kier molecular flexibility index (Phi) is 3.15. The van der Waals surface area contributed by atoms with Crippen molar-refractivity contribution < 1.29 is 4.39 Å². The van der Waals surface area contributed by atoms with E-state index in [-0.39, 0.29) is 11.7 Å². The maximum Gasteiger partial charge on any atom is 0.177 e. The van der Waals surface area contributed by atoms with Crippen molar-refractivity contribution in [2.24, 2.45) is 7.05 Å². The molecule has 2 unspecified atom stereocenters. The molecular weight excluding hydrogens is 333 g/mol. The summed E-state index contributed by atoms with van der Waals surface area (Å²) >= 11 is 0. The Balaban J connectivity index is 1.47. The van der Waals surface area contributed by atoms with Crippen molar-refractivity contribution in [3.8, 4) is 11.4 Å². The van der Waals surface area contributed by atoms with E-state index in [0.717, 1.165) is 40.5 Å². The quantitative estimate of drug-likeness (QED) is 0.568. The lowest BCUT2D eigenvalue weighted by Gasteiger charge is -2.01. The van der Waals surface area contributed by atoms with Crippen LogP contribution in [0.1, 0.15) is 35.3 Å². The Morgan fingerprint density at radius 1 is 1.08 bits per heavy atom. The summed E-state index contributed by atoms with van der Waals surface area (Å²) in [5.41, 5.74) is 4.39. The maximum absolute atomic E-state index is 13.4. The van der Waals surface area contributed by atoms with Crippen LogP contribution in [0.4, 0.5) is 4.39 Å². The number of pyridine rings is 1. The summed E-state index contributed by atoms with van der Waals surface area (Å²) in [4.78, 5) is 3.95. The zero-order chi connectivity index (χ0) is 17.8. The molecule has 1 saturated carbocycles. The molecule has 0 N–H and O–H groups in total. The first-order chi connectivity index (χ1) is 12.6. The molecule has 0 spiro atoms. The van der Waals surface area contributed by atoms with Crippen LogP contribution < -0.4 is 0 Å². The van der Waals surface area contributed by atoms with Gasteiger partial charge in [-0.15, -0.1) is 10.2 Å². The lowest BCUT2D eigenvalue weighted by Crippen LogP contribution is -2.00. The number of rotatable bonds is 3. The molecule has 0 bridgehead atoms. The van der Waals surface area contributed by atoms with E-state index in [1.54, 1.807) is 16.8 Å². The monoisotopic (exact) mass is 349 g/mol. The molecular formula is C18H16FN7. The maximum atomic E-state index is 13.4. The highest BCUT2D eigenvalue weighted by Crippen LogP contribution is 2.54. The summed E-state index contributed by atoms with van der Waals surface area (Å²) in [5, 5.41) is 17.4. The standard InChI is InChI=1S/C18H16FN7/c1-10-21-22-18-4-3-15(24-26(10)18)17-7-16(23-25(17)2)14-6-13(14)11-5-12(19)9-20-8-11/h3-5,7-9,13-14H,6H2,1-2H3. The second-order valence-corrected chi connectivity index (χ2v) is 6.70. The topological polar surface area (TPSA) is 73.8 Å². The second-order valence-electron chi connectivity index (χ2n) is 6.70. The largest absolute Gasteiger partial charge is 0.266 e. The highest BCUT2D eigenvalue weighted by atomic mass is 19.1. The predicted molar refractivity (Wildman–Crippen MR) is 92.0 cm³/mol. The highest BCUT2D eigenvalue weighted by molar-refractivity contribution is 5.57. The normalized spacial score (nSPS) is 19.2. The third-order valence-electron chi connectivity index (χ3n) is 4.90. The van der Waals surface area contributed by atoms with Gasteiger partial charge in [0.25, 0.3) is 0 Å². The van der Waals surface area contributed by atoms with Crippen LogP contribution in [0.2, 0.25) is 0 Å². The average Bonchev–Trinajstić information content (AvgIpc) is 3.23. The van der Waals surface area contributed by atoms with Gasteiger partial charge in [0.05, 0.1) is 17.6 Å². The van der Waals surface area contributed by atoms with Crippen molar-refractivity contribution in [3.05, 3.63) is 59.6 Å². The molecule has 5 rings (SSSR count). The van der Waals surface area contributed by atoms with Crippen molar-refractivity contribution in [1.29, 1.82) is 0 Å². The minimum absolute atomic E-state index is 0.275. The second kappa shape index (κ2) is 5.42. The van der Waals surface area contributed by atoms with Crippen LogP contribution in [0.25, 0.3) is 17.0 Å². The molecule has 0 amide bonds. The van der Waals surface area contributed by atoms with Gasteiger partial charge in [-0.05, 0) is 49.1 Å². The number of hydrogen-bond donors (Lipinski definition) is 0. The van der Waals surface area contributed by atoms with Crippen molar-refractivity contribution in [2.75, 3.05) is 0 Å². The van der Waals surface area contributed by atoms with E-state index in [9.17, 15) is 4.39 Å². The average molecular weight is 349 g/mol. The number of nitrogens with zero attached hydrogens (tertiary/aromatic N) is 7. The van der Waals surface area contributed by atoms with E-state index < -0.39 is 0 Å². The van der Waals surface area contributed by atoms with Gasteiger partial charge in [0.2, 0.25) is 0 Å². The van der Waals surface area contributed by atoms with Gasteiger partial charge in [-0.25, -0.2) is 4.39 Å². The summed E-state index contributed by atoms with van der Waals surface area (Å²) in [6.07, 6.45) is 3.93. The molecule has 1 fully saturated rings. The minimum Gasteiger partial charge on any atom is -0.266 e. The Morgan fingerprint density at radius 3 is 2.81 bits per heavy atom. The molecule has 0 aliphatic heterocycles. The van der Waals surface area contributed by atoms with Gasteiger partial charge in [0, 0.05) is 19.2 Å². The zero-order valence-electron chi connectivity index (χ0n) is 14.3. The van der Waals surface area contributed by atoms with Crippen LogP contribution in [0.5, 0.6) is 0 Å². The summed E-state index contributed by atoms with van der Waals surface area (Å²) in [7, 11) is 1.91. The molecule has 0 radical (unpaired) electrons. The molecule has 0 aromatic carbocycles. The lowest BCUT2D eigenvalue weighted by atomic mass is 10.1. The first-order valence-electron chi connectivity index (χ1n) is 8.44. The summed E-state index contributed by atoms with van der Waals surface area (Å²) in [5.74, 6) is 1.01. The van der Waals surface area contributed by atoms with Crippen molar-refractivity contribution >= 4 is 5.65 Å². The SMILES string of the molecule is Cc1nnc2ccc(-c3cc(C4CC4c4cncc(F)c4)nn3C)nn12. The summed E-state index contributed by atoms with van der Waals surface area (Å²) < 4.78 is 17.0. The molecule has 2 atom stereocenters. The first-order valence-corrected chi connectivity index (χ1v) is 8.44. The summed E-state index contributed by atoms with van der Waals surface area (Å²) in [6.45, 7) is 1.87. The molecule has 4 aromatic rings. The Morgan fingerprint density at radius 2 is 1.96 bits per heavy atom. The molecule has 4 heterocycles. The zero-order valence-corrected chi connectivity index (χ0v) is 14.3. The van der Waals surface area contributed by atoms with Gasteiger partial charge in [-0.1, -0.05) is 0 Å². The van der Waals surface area contributed by atoms with E-state index in [0.29, 0.717) is 5.92 Å². The van der Waals surface area contributed by atoms with Crippen LogP contribution in [-0.4, -0.2) is 34.6 Å². The first kappa shape index (κ1) is 15.1. The number of hydrogen-bond acceptors (Lipinski definition) is 5. The van der Waals surface area contributed by atoms with Crippen molar-refractivity contribution in [2.45, 2.75) is 25.2 Å². The molecule has 7 nitrogen and oxygen atoms in total. The summed E-state index contributed by atoms with van der Waals surface area (Å²) in [6, 6.07) is 7.44. The third kappa shape index (κ3) is 2.37. The van der Waals surface area contributed by atoms with E-state index in [4.69, 9.17) is 0 Å². The Bertz CT molecular complexity index is 1130. The fraction of sp³-hybridized carbons (Fsp3) is 0.278. The van der Waals surface area contributed by atoms with Gasteiger partial charge in [-0.3, -0.25) is 9.67 Å². The Labute approximate surface area is 148 Å². The highest BCUT2D eigenvalue weighted by Gasteiger charge is 2.42. The molecule has 0 saturated heterocycles. The smallest absolute Gasteiger partial charge is 0.177 e. The fourth-order valence-corrected chi connectivity index (χ4v) is 3.46. The predicted octanol–water partition coefficient (Wildman–Crippen LogP) is 2.64. The molecule has 4 aromatic heterocycles. The van der Waals surface area contributed by atoms with Crippen LogP contribution in [-0.2, 0) is 7.05 Å². The van der Waals surface area contributed by atoms with E-state index in [2.05, 4.69) is 31.4 Å². The number of halogens is 1. The third-order valence-corrected chi connectivity index (χ3v) is 4.90. The number of aromatic nitrogens is 7. The van der Waals surface area contributed by atoms with Crippen LogP contribution >= 0.6 is 0 Å². The minimum atomic E-state index is -0.295. The molecule has 26 heavy (non-hydrogen) atoms. The van der Waals surface area contributed by atoms with E-state index >= 15 is 0 Å².